The average molecular weight is 408 g/mol. The quantitative estimate of drug-likeness (QED) is 0.391. The second kappa shape index (κ2) is 9.39. The van der Waals surface area contributed by atoms with Crippen molar-refractivity contribution in [2.24, 2.45) is 0 Å². The lowest BCUT2D eigenvalue weighted by atomic mass is 10.1. The summed E-state index contributed by atoms with van der Waals surface area (Å²) in [5.41, 5.74) is 6.02. The topological polar surface area (TPSA) is 112 Å². The van der Waals surface area contributed by atoms with E-state index in [1.807, 2.05) is 38.1 Å². The van der Waals surface area contributed by atoms with Gasteiger partial charge in [0.15, 0.2) is 0 Å². The third-order valence-corrected chi connectivity index (χ3v) is 4.35. The van der Waals surface area contributed by atoms with E-state index in [2.05, 4.69) is 39.7 Å². The van der Waals surface area contributed by atoms with E-state index in [0.29, 0.717) is 36.1 Å². The molecule has 0 saturated heterocycles. The second-order valence-corrected chi connectivity index (χ2v) is 7.39. The first kappa shape index (κ1) is 21.3. The number of anilines is 2. The zero-order chi connectivity index (χ0) is 21.7. The molecule has 0 atom stereocenters. The van der Waals surface area contributed by atoms with Gasteiger partial charge in [0.25, 0.3) is 0 Å². The number of aromatic amines is 1. The molecule has 158 valence electrons. The van der Waals surface area contributed by atoms with Crippen LogP contribution in [0.15, 0.2) is 30.5 Å². The molecule has 0 fully saturated rings. The van der Waals surface area contributed by atoms with Crippen LogP contribution in [0, 0.1) is 12.3 Å². The highest BCUT2D eigenvalue weighted by atomic mass is 16.5. The zero-order valence-corrected chi connectivity index (χ0v) is 18.1. The second-order valence-electron chi connectivity index (χ2n) is 7.39. The van der Waals surface area contributed by atoms with Crippen LogP contribution in [-0.4, -0.2) is 38.5 Å². The first-order valence-corrected chi connectivity index (χ1v) is 10.1. The molecular weight excluding hydrogens is 378 g/mol. The van der Waals surface area contributed by atoms with Crippen molar-refractivity contribution < 1.29 is 4.74 Å². The van der Waals surface area contributed by atoms with Gasteiger partial charge >= 0.3 is 0 Å². The molecule has 3 heterocycles. The van der Waals surface area contributed by atoms with E-state index in [9.17, 15) is 0 Å². The fraction of sp³-hybridized carbons (Fsp3) is 0.364. The molecule has 3 aromatic heterocycles. The Morgan fingerprint density at radius 3 is 2.73 bits per heavy atom. The van der Waals surface area contributed by atoms with E-state index in [-0.39, 0.29) is 6.04 Å². The molecule has 0 bridgehead atoms. The van der Waals surface area contributed by atoms with Crippen LogP contribution in [-0.2, 0) is 6.54 Å². The predicted molar refractivity (Wildman–Crippen MR) is 121 cm³/mol. The van der Waals surface area contributed by atoms with E-state index < -0.39 is 0 Å². The van der Waals surface area contributed by atoms with Crippen LogP contribution in [0.5, 0.6) is 5.88 Å². The van der Waals surface area contributed by atoms with E-state index in [1.54, 1.807) is 13.1 Å². The fourth-order valence-corrected chi connectivity index (χ4v) is 3.12. The Kier molecular flexibility index (Phi) is 6.66. The Labute approximate surface area is 177 Å². The summed E-state index contributed by atoms with van der Waals surface area (Å²) in [4.78, 5) is 9.14. The standard InChI is InChI=1S/C22H29N7O/c1-6-30-22-17(8-7-9-24-22)18-11-19(25-12-16-10-14(4)28-29-16)21(26-13(2)3)20(27-18)15(5)23/h7-11,13,23,26H,6,12H2,1-5H3,(H,25,27)(H,28,29). The molecule has 0 aliphatic rings. The summed E-state index contributed by atoms with van der Waals surface area (Å²) in [6.45, 7) is 10.8. The lowest BCUT2D eigenvalue weighted by molar-refractivity contribution is 0.328. The van der Waals surface area contributed by atoms with Crippen LogP contribution in [0.2, 0.25) is 0 Å². The van der Waals surface area contributed by atoms with E-state index in [1.165, 1.54) is 0 Å². The Hall–Kier alpha value is -3.42. The first-order chi connectivity index (χ1) is 14.4. The normalized spacial score (nSPS) is 10.9. The zero-order valence-electron chi connectivity index (χ0n) is 18.1. The van der Waals surface area contributed by atoms with Crippen LogP contribution in [0.4, 0.5) is 11.4 Å². The highest BCUT2D eigenvalue weighted by Crippen LogP contribution is 2.34. The summed E-state index contributed by atoms with van der Waals surface area (Å²) < 4.78 is 5.70. The minimum Gasteiger partial charge on any atom is -0.477 e. The van der Waals surface area contributed by atoms with Gasteiger partial charge in [0, 0.05) is 17.9 Å². The Balaban J connectivity index is 2.10. The number of aromatic nitrogens is 4. The van der Waals surface area contributed by atoms with Crippen molar-refractivity contribution in [1.29, 1.82) is 5.41 Å². The molecular formula is C22H29N7O. The fourth-order valence-electron chi connectivity index (χ4n) is 3.12. The monoisotopic (exact) mass is 407 g/mol. The molecule has 0 spiro atoms. The van der Waals surface area contributed by atoms with Crippen LogP contribution < -0.4 is 15.4 Å². The molecule has 8 heteroatoms. The van der Waals surface area contributed by atoms with Crippen molar-refractivity contribution in [3.63, 3.8) is 0 Å². The summed E-state index contributed by atoms with van der Waals surface area (Å²) in [5, 5.41) is 22.5. The maximum atomic E-state index is 8.32. The van der Waals surface area contributed by atoms with E-state index in [4.69, 9.17) is 15.1 Å². The maximum absolute atomic E-state index is 8.32. The SMILES string of the molecule is CCOc1ncccc1-c1cc(NCc2cc(C)[nH]n2)c(NC(C)C)c(C(C)=N)n1. The average Bonchev–Trinajstić information content (AvgIpc) is 3.12. The number of ether oxygens (including phenoxy) is 1. The van der Waals surface area contributed by atoms with Gasteiger partial charge in [0.1, 0.15) is 5.69 Å². The predicted octanol–water partition coefficient (Wildman–Crippen LogP) is 4.39. The van der Waals surface area contributed by atoms with Crippen LogP contribution in [0.3, 0.4) is 0 Å². The summed E-state index contributed by atoms with van der Waals surface area (Å²) in [6, 6.07) is 7.94. The lowest BCUT2D eigenvalue weighted by Crippen LogP contribution is -2.17. The molecule has 0 amide bonds. The number of H-pyrrole nitrogens is 1. The highest BCUT2D eigenvalue weighted by Gasteiger charge is 2.18. The van der Waals surface area contributed by atoms with Gasteiger partial charge in [-0.25, -0.2) is 9.97 Å². The number of aryl methyl sites for hydroxylation is 1. The van der Waals surface area contributed by atoms with E-state index >= 15 is 0 Å². The number of nitrogens with zero attached hydrogens (tertiary/aromatic N) is 3. The van der Waals surface area contributed by atoms with Gasteiger partial charge in [-0.2, -0.15) is 5.10 Å². The highest BCUT2D eigenvalue weighted by molar-refractivity contribution is 6.03. The Morgan fingerprint density at radius 1 is 1.30 bits per heavy atom. The smallest absolute Gasteiger partial charge is 0.222 e. The van der Waals surface area contributed by atoms with Crippen LogP contribution >= 0.6 is 0 Å². The summed E-state index contributed by atoms with van der Waals surface area (Å²) >= 11 is 0. The molecule has 0 aromatic carbocycles. The molecule has 0 aliphatic carbocycles. The molecule has 0 radical (unpaired) electrons. The largest absolute Gasteiger partial charge is 0.477 e. The number of nitrogens with one attached hydrogen (secondary N) is 4. The number of rotatable bonds is 9. The molecule has 8 nitrogen and oxygen atoms in total. The van der Waals surface area contributed by atoms with Crippen molar-refractivity contribution in [2.75, 3.05) is 17.2 Å². The third-order valence-electron chi connectivity index (χ3n) is 4.35. The molecule has 0 unspecified atom stereocenters. The molecule has 0 aliphatic heterocycles. The van der Waals surface area contributed by atoms with Gasteiger partial charge in [-0.05, 0) is 58.9 Å². The van der Waals surface area contributed by atoms with Crippen molar-refractivity contribution in [2.45, 2.75) is 47.2 Å². The van der Waals surface area contributed by atoms with Gasteiger partial charge in [-0.1, -0.05) is 0 Å². The number of hydrogen-bond acceptors (Lipinski definition) is 7. The molecule has 30 heavy (non-hydrogen) atoms. The van der Waals surface area contributed by atoms with Gasteiger partial charge in [0.2, 0.25) is 5.88 Å². The van der Waals surface area contributed by atoms with Gasteiger partial charge in [-0.3, -0.25) is 5.10 Å². The minimum absolute atomic E-state index is 0.182. The molecule has 3 rings (SSSR count). The molecule has 4 N–H and O–H groups in total. The van der Waals surface area contributed by atoms with Gasteiger partial charge < -0.3 is 20.8 Å². The maximum Gasteiger partial charge on any atom is 0.222 e. The van der Waals surface area contributed by atoms with E-state index in [0.717, 1.165) is 28.3 Å². The van der Waals surface area contributed by atoms with Gasteiger partial charge in [0.05, 0.1) is 47.2 Å². The third kappa shape index (κ3) is 4.94. The minimum atomic E-state index is 0.182. The first-order valence-electron chi connectivity index (χ1n) is 10.1. The summed E-state index contributed by atoms with van der Waals surface area (Å²) in [5.74, 6) is 0.527. The van der Waals surface area contributed by atoms with Crippen molar-refractivity contribution in [3.8, 4) is 17.1 Å². The summed E-state index contributed by atoms with van der Waals surface area (Å²) in [7, 11) is 0. The molecule has 3 aromatic rings. The lowest BCUT2D eigenvalue weighted by Gasteiger charge is -2.20. The van der Waals surface area contributed by atoms with Crippen LogP contribution in [0.1, 0.15) is 44.8 Å². The van der Waals surface area contributed by atoms with Crippen molar-refractivity contribution in [1.82, 2.24) is 20.2 Å². The van der Waals surface area contributed by atoms with Crippen molar-refractivity contribution in [3.05, 3.63) is 47.5 Å². The Bertz CT molecular complexity index is 1030. The molecule has 0 saturated carbocycles. The van der Waals surface area contributed by atoms with Gasteiger partial charge in [-0.15, -0.1) is 0 Å². The number of hydrogen-bond donors (Lipinski definition) is 4. The van der Waals surface area contributed by atoms with Crippen LogP contribution in [0.25, 0.3) is 11.3 Å². The Morgan fingerprint density at radius 2 is 2.10 bits per heavy atom. The van der Waals surface area contributed by atoms with Crippen molar-refractivity contribution >= 4 is 17.1 Å². The summed E-state index contributed by atoms with van der Waals surface area (Å²) in [6.07, 6.45) is 1.70. The number of pyridine rings is 2.